The van der Waals surface area contributed by atoms with E-state index in [-0.39, 0.29) is 5.92 Å². The molecule has 9 heteroatoms. The summed E-state index contributed by atoms with van der Waals surface area (Å²) in [6.07, 6.45) is 0.0879. The number of alkyl halides is 1. The lowest BCUT2D eigenvalue weighted by atomic mass is 9.92. The molecule has 7 nitrogen and oxygen atoms in total. The number of aliphatic hydroxyl groups is 1. The number of anilines is 2. The number of rotatable bonds is 7. The fourth-order valence-electron chi connectivity index (χ4n) is 4.20. The number of aliphatic hydroxyl groups excluding tert-OH is 1. The fraction of sp³-hybridized carbons (Fsp3) is 0.375. The first-order valence-corrected chi connectivity index (χ1v) is 11.2. The van der Waals surface area contributed by atoms with Gasteiger partial charge >= 0.3 is 0 Å². The lowest BCUT2D eigenvalue weighted by Gasteiger charge is -2.34. The molecule has 3 aromatic rings. The Morgan fingerprint density at radius 3 is 2.70 bits per heavy atom. The first-order valence-electron chi connectivity index (χ1n) is 10.8. The molecule has 4 rings (SSSR count). The molecule has 2 heterocycles. The van der Waals surface area contributed by atoms with Gasteiger partial charge in [0, 0.05) is 30.4 Å². The summed E-state index contributed by atoms with van der Waals surface area (Å²) in [5.74, 6) is 1.74. The van der Waals surface area contributed by atoms with Gasteiger partial charge < -0.3 is 20.1 Å². The maximum atomic E-state index is 13.9. The Kier molecular flexibility index (Phi) is 7.11. The van der Waals surface area contributed by atoms with E-state index in [4.69, 9.17) is 21.4 Å². The van der Waals surface area contributed by atoms with Crippen LogP contribution in [0.2, 0.25) is 5.02 Å². The molecule has 0 bridgehead atoms. The van der Waals surface area contributed by atoms with Gasteiger partial charge in [-0.15, -0.1) is 10.2 Å². The molecule has 0 spiro atoms. The van der Waals surface area contributed by atoms with Gasteiger partial charge in [0.1, 0.15) is 11.9 Å². The van der Waals surface area contributed by atoms with Crippen LogP contribution in [0.15, 0.2) is 36.4 Å². The standard InChI is InChI=1S/C24H25ClFN5O2/c1-33-22-5-3-16(11-20(22)25)13-28-23-19-10-15(12-27)2-4-18(19)24(30-29-23)31-8-6-17(7-9-31)21(26)14-32/h2-5,10-11,17,21,32H,6-9,13-14H2,1H3,(H,28,29). The summed E-state index contributed by atoms with van der Waals surface area (Å²) < 4.78 is 19.1. The van der Waals surface area contributed by atoms with Gasteiger partial charge in [0.25, 0.3) is 0 Å². The Balaban J connectivity index is 1.60. The van der Waals surface area contributed by atoms with Crippen LogP contribution in [0, 0.1) is 17.2 Å². The number of ether oxygens (including phenoxy) is 1. The van der Waals surface area contributed by atoms with E-state index in [0.29, 0.717) is 60.4 Å². The third-order valence-electron chi connectivity index (χ3n) is 6.09. The Morgan fingerprint density at radius 1 is 1.24 bits per heavy atom. The number of hydrogen-bond donors (Lipinski definition) is 2. The second-order valence-corrected chi connectivity index (χ2v) is 8.50. The van der Waals surface area contributed by atoms with Gasteiger partial charge in [-0.1, -0.05) is 17.7 Å². The first kappa shape index (κ1) is 23.0. The normalized spacial score (nSPS) is 15.3. The monoisotopic (exact) mass is 469 g/mol. The maximum Gasteiger partial charge on any atom is 0.159 e. The van der Waals surface area contributed by atoms with E-state index >= 15 is 0 Å². The summed E-state index contributed by atoms with van der Waals surface area (Å²) in [5.41, 5.74) is 1.47. The van der Waals surface area contributed by atoms with Crippen molar-refractivity contribution in [2.24, 2.45) is 5.92 Å². The maximum absolute atomic E-state index is 13.9. The second kappa shape index (κ2) is 10.2. The van der Waals surface area contributed by atoms with Crippen molar-refractivity contribution in [2.45, 2.75) is 25.6 Å². The molecular formula is C24H25ClFN5O2. The molecule has 0 radical (unpaired) electrons. The van der Waals surface area contributed by atoms with Crippen LogP contribution in [0.25, 0.3) is 10.8 Å². The number of hydrogen-bond acceptors (Lipinski definition) is 7. The van der Waals surface area contributed by atoms with Crippen LogP contribution in [-0.4, -0.2) is 48.3 Å². The zero-order valence-electron chi connectivity index (χ0n) is 18.3. The van der Waals surface area contributed by atoms with Crippen molar-refractivity contribution in [3.8, 4) is 11.8 Å². The SMILES string of the molecule is COc1ccc(CNc2nnc(N3CCC(C(F)CO)CC3)c3ccc(C#N)cc23)cc1Cl. The number of methoxy groups -OCH3 is 1. The molecule has 172 valence electrons. The summed E-state index contributed by atoms with van der Waals surface area (Å²) in [6.45, 7) is 1.29. The third kappa shape index (κ3) is 4.95. The molecule has 33 heavy (non-hydrogen) atoms. The van der Waals surface area contributed by atoms with Crippen LogP contribution in [0.4, 0.5) is 16.0 Å². The molecule has 1 fully saturated rings. The molecule has 0 aliphatic carbocycles. The Bertz CT molecular complexity index is 1180. The average Bonchev–Trinajstić information content (AvgIpc) is 2.86. The molecule has 1 aliphatic heterocycles. The average molecular weight is 470 g/mol. The summed E-state index contributed by atoms with van der Waals surface area (Å²) >= 11 is 6.23. The quantitative estimate of drug-likeness (QED) is 0.532. The molecule has 1 aromatic heterocycles. The number of nitrogens with one attached hydrogen (secondary N) is 1. The van der Waals surface area contributed by atoms with E-state index in [1.165, 1.54) is 0 Å². The Morgan fingerprint density at radius 2 is 2.03 bits per heavy atom. The van der Waals surface area contributed by atoms with Gasteiger partial charge in [0.15, 0.2) is 11.6 Å². The van der Waals surface area contributed by atoms with Crippen LogP contribution in [0.1, 0.15) is 24.0 Å². The predicted octanol–water partition coefficient (Wildman–Crippen LogP) is 4.32. The molecule has 2 N–H and O–H groups in total. The van der Waals surface area contributed by atoms with Crippen LogP contribution in [0.5, 0.6) is 5.75 Å². The number of benzene rings is 2. The third-order valence-corrected chi connectivity index (χ3v) is 6.39. The lowest BCUT2D eigenvalue weighted by Crippen LogP contribution is -2.38. The van der Waals surface area contributed by atoms with E-state index in [1.807, 2.05) is 24.3 Å². The van der Waals surface area contributed by atoms with E-state index in [1.54, 1.807) is 19.2 Å². The van der Waals surface area contributed by atoms with E-state index < -0.39 is 12.8 Å². The highest BCUT2D eigenvalue weighted by Crippen LogP contribution is 2.33. The zero-order chi connectivity index (χ0) is 23.4. The molecule has 1 saturated heterocycles. The lowest BCUT2D eigenvalue weighted by molar-refractivity contribution is 0.112. The summed E-state index contributed by atoms with van der Waals surface area (Å²) in [4.78, 5) is 2.09. The molecule has 0 saturated carbocycles. The van der Waals surface area contributed by atoms with Crippen molar-refractivity contribution in [1.29, 1.82) is 5.26 Å². The smallest absolute Gasteiger partial charge is 0.159 e. The number of halogens is 2. The van der Waals surface area contributed by atoms with Crippen molar-refractivity contribution < 1.29 is 14.2 Å². The minimum Gasteiger partial charge on any atom is -0.495 e. The van der Waals surface area contributed by atoms with Gasteiger partial charge in [-0.2, -0.15) is 5.26 Å². The van der Waals surface area contributed by atoms with Crippen molar-refractivity contribution >= 4 is 34.0 Å². The van der Waals surface area contributed by atoms with E-state index in [9.17, 15) is 9.65 Å². The molecule has 1 atom stereocenters. The number of piperidine rings is 1. The Hall–Kier alpha value is -3.15. The molecule has 1 unspecified atom stereocenters. The highest BCUT2D eigenvalue weighted by Gasteiger charge is 2.27. The van der Waals surface area contributed by atoms with Gasteiger partial charge in [0.05, 0.1) is 30.4 Å². The predicted molar refractivity (Wildman–Crippen MR) is 127 cm³/mol. The van der Waals surface area contributed by atoms with Gasteiger partial charge in [-0.05, 0) is 54.7 Å². The largest absolute Gasteiger partial charge is 0.495 e. The van der Waals surface area contributed by atoms with Crippen LogP contribution >= 0.6 is 11.6 Å². The zero-order valence-corrected chi connectivity index (χ0v) is 19.0. The second-order valence-electron chi connectivity index (χ2n) is 8.09. The van der Waals surface area contributed by atoms with Gasteiger partial charge in [-0.3, -0.25) is 0 Å². The summed E-state index contributed by atoms with van der Waals surface area (Å²) in [6, 6.07) is 13.2. The topological polar surface area (TPSA) is 94.3 Å². The summed E-state index contributed by atoms with van der Waals surface area (Å²) in [7, 11) is 1.57. The van der Waals surface area contributed by atoms with Crippen LogP contribution < -0.4 is 15.0 Å². The van der Waals surface area contributed by atoms with E-state index in [2.05, 4.69) is 26.5 Å². The minimum atomic E-state index is -1.19. The fourth-order valence-corrected chi connectivity index (χ4v) is 4.48. The van der Waals surface area contributed by atoms with Crippen molar-refractivity contribution in [2.75, 3.05) is 37.0 Å². The number of fused-ring (bicyclic) bond motifs is 1. The van der Waals surface area contributed by atoms with Crippen LogP contribution in [0.3, 0.4) is 0 Å². The molecule has 0 amide bonds. The highest BCUT2D eigenvalue weighted by molar-refractivity contribution is 6.32. The Labute approximate surface area is 196 Å². The minimum absolute atomic E-state index is 0.145. The number of nitriles is 1. The van der Waals surface area contributed by atoms with Crippen molar-refractivity contribution in [3.05, 3.63) is 52.5 Å². The van der Waals surface area contributed by atoms with E-state index in [0.717, 1.165) is 16.3 Å². The van der Waals surface area contributed by atoms with Gasteiger partial charge in [0.2, 0.25) is 0 Å². The molecule has 1 aliphatic rings. The van der Waals surface area contributed by atoms with Crippen molar-refractivity contribution in [1.82, 2.24) is 10.2 Å². The number of nitrogens with zero attached hydrogens (tertiary/aromatic N) is 4. The highest BCUT2D eigenvalue weighted by atomic mass is 35.5. The molecular weight excluding hydrogens is 445 g/mol. The first-order chi connectivity index (χ1) is 16.0. The van der Waals surface area contributed by atoms with Crippen LogP contribution in [-0.2, 0) is 6.54 Å². The van der Waals surface area contributed by atoms with Gasteiger partial charge in [-0.25, -0.2) is 4.39 Å². The molecule has 2 aromatic carbocycles. The number of aromatic nitrogens is 2. The summed E-state index contributed by atoms with van der Waals surface area (Å²) in [5, 5.41) is 32.9. The van der Waals surface area contributed by atoms with Crippen molar-refractivity contribution in [3.63, 3.8) is 0 Å².